The van der Waals surface area contributed by atoms with E-state index >= 15 is 0 Å². The van der Waals surface area contributed by atoms with Crippen LogP contribution in [0.4, 0.5) is 34.1 Å². The van der Waals surface area contributed by atoms with E-state index in [0.717, 1.165) is 11.4 Å². The molecule has 11 aromatic carbocycles. The van der Waals surface area contributed by atoms with Crippen LogP contribution in [0.1, 0.15) is 49.9 Å². The van der Waals surface area contributed by atoms with Gasteiger partial charge in [0.15, 0.2) is 0 Å². The van der Waals surface area contributed by atoms with E-state index < -0.39 is 0 Å². The van der Waals surface area contributed by atoms with E-state index in [2.05, 4.69) is 256 Å². The van der Waals surface area contributed by atoms with Crippen molar-refractivity contribution in [2.24, 2.45) is 0 Å². The fraction of sp³-hybridized carbons (Fsp3) is 0.0938. The van der Waals surface area contributed by atoms with Crippen LogP contribution in [0.2, 0.25) is 0 Å². The molecule has 0 amide bonds. The molecule has 2 heteroatoms. The quantitative estimate of drug-likeness (QED) is 0.163. The summed E-state index contributed by atoms with van der Waals surface area (Å²) in [6.45, 7) is 9.49. The van der Waals surface area contributed by atoms with Crippen molar-refractivity contribution >= 4 is 77.2 Å². The second-order valence-electron chi connectivity index (χ2n) is 19.2. The lowest BCUT2D eigenvalue weighted by Gasteiger charge is -2.43. The number of fused-ring (bicyclic) bond motifs is 8. The number of anilines is 6. The number of hydrogen-bond donors (Lipinski definition) is 0. The maximum Gasteiger partial charge on any atom is 0.0546 e. The molecule has 0 aromatic heterocycles. The predicted octanol–water partition coefficient (Wildman–Crippen LogP) is 17.9. The van der Waals surface area contributed by atoms with Crippen LogP contribution in [-0.2, 0) is 10.8 Å². The summed E-state index contributed by atoms with van der Waals surface area (Å²) in [5.74, 6) is 0. The molecule has 11 aromatic rings. The van der Waals surface area contributed by atoms with Gasteiger partial charge in [-0.3, -0.25) is 0 Å². The maximum absolute atomic E-state index is 2.56. The standard InChI is InChI=1S/C64H48N2/c1-63(2)49-31-9-13-35-53(49)65(54-36-14-10-32-50(54)63)57-39-19-29-47-60(46-28-18-24-42-22-6-8-26-44(42)46)62-48(59(61(47)57)45-27-17-23-41-21-5-7-25-43(41)45)30-20-40-58(62)66-55-37-15-11-33-51(55)64(3,4)52-34-12-16-38-56(52)66/h5-40H,1-4H3. The van der Waals surface area contributed by atoms with Gasteiger partial charge in [-0.25, -0.2) is 0 Å². The van der Waals surface area contributed by atoms with E-state index in [1.165, 1.54) is 110 Å². The number of para-hydroxylation sites is 4. The van der Waals surface area contributed by atoms with Gasteiger partial charge in [-0.15, -0.1) is 0 Å². The van der Waals surface area contributed by atoms with Crippen molar-refractivity contribution in [2.75, 3.05) is 9.80 Å². The second-order valence-corrected chi connectivity index (χ2v) is 19.2. The summed E-state index contributed by atoms with van der Waals surface area (Å²) < 4.78 is 0. The van der Waals surface area contributed by atoms with Gasteiger partial charge in [-0.1, -0.05) is 210 Å². The Hall–Kier alpha value is -7.94. The maximum atomic E-state index is 2.56. The van der Waals surface area contributed by atoms with Crippen molar-refractivity contribution in [3.05, 3.63) is 241 Å². The van der Waals surface area contributed by atoms with Gasteiger partial charge >= 0.3 is 0 Å². The first-order valence-corrected chi connectivity index (χ1v) is 23.3. The highest BCUT2D eigenvalue weighted by atomic mass is 15.2. The van der Waals surface area contributed by atoms with Gasteiger partial charge < -0.3 is 9.80 Å². The topological polar surface area (TPSA) is 6.48 Å². The molecule has 2 nitrogen and oxygen atoms in total. The third-order valence-corrected chi connectivity index (χ3v) is 15.0. The van der Waals surface area contributed by atoms with Crippen LogP contribution in [0, 0.1) is 0 Å². The van der Waals surface area contributed by atoms with Gasteiger partial charge in [-0.2, -0.15) is 0 Å². The van der Waals surface area contributed by atoms with Gasteiger partial charge in [0.1, 0.15) is 0 Å². The minimum Gasteiger partial charge on any atom is -0.309 e. The van der Waals surface area contributed by atoms with E-state index in [-0.39, 0.29) is 10.8 Å². The van der Waals surface area contributed by atoms with Crippen LogP contribution in [0.15, 0.2) is 218 Å². The summed E-state index contributed by atoms with van der Waals surface area (Å²) >= 11 is 0. The SMILES string of the molecule is CC1(C)c2ccccc2N(c2cccc3c(-c4cccc5ccccc45)c4c(N5c6ccccc6C(C)(C)c6ccccc65)cccc4c(-c4cccc5ccccc45)c23)c2ccccc21. The number of nitrogens with zero attached hydrogens (tertiary/aromatic N) is 2. The Morgan fingerprint density at radius 1 is 0.258 bits per heavy atom. The molecular weight excluding hydrogens is 797 g/mol. The minimum atomic E-state index is -0.196. The zero-order valence-corrected chi connectivity index (χ0v) is 37.7. The molecule has 2 aliphatic rings. The Morgan fingerprint density at radius 3 is 0.909 bits per heavy atom. The molecule has 0 atom stereocenters. The molecule has 0 aliphatic carbocycles. The summed E-state index contributed by atoms with van der Waals surface area (Å²) in [5, 5.41) is 9.79. The van der Waals surface area contributed by atoms with Crippen molar-refractivity contribution in [3.8, 4) is 22.3 Å². The summed E-state index contributed by atoms with van der Waals surface area (Å²) in [4.78, 5) is 5.13. The molecule has 314 valence electrons. The lowest BCUT2D eigenvalue weighted by molar-refractivity contribution is 0.632. The monoisotopic (exact) mass is 844 g/mol. The highest BCUT2D eigenvalue weighted by Gasteiger charge is 2.40. The molecule has 0 N–H and O–H groups in total. The van der Waals surface area contributed by atoms with Gasteiger partial charge in [0.05, 0.1) is 34.1 Å². The number of rotatable bonds is 4. The van der Waals surface area contributed by atoms with Gasteiger partial charge in [0, 0.05) is 32.7 Å². The Labute approximate surface area is 386 Å². The Balaban J connectivity index is 1.27. The minimum absolute atomic E-state index is 0.196. The number of hydrogen-bond acceptors (Lipinski definition) is 2. The molecule has 0 spiro atoms. The molecule has 0 fully saturated rings. The first-order chi connectivity index (χ1) is 32.3. The summed E-state index contributed by atoms with van der Waals surface area (Å²) in [6, 6.07) is 81.8. The van der Waals surface area contributed by atoms with Crippen molar-refractivity contribution in [1.29, 1.82) is 0 Å². The van der Waals surface area contributed by atoms with E-state index in [0.29, 0.717) is 0 Å². The fourth-order valence-corrected chi connectivity index (χ4v) is 12.0. The van der Waals surface area contributed by atoms with Gasteiger partial charge in [0.25, 0.3) is 0 Å². The summed E-state index contributed by atoms with van der Waals surface area (Å²) in [7, 11) is 0. The average molecular weight is 845 g/mol. The van der Waals surface area contributed by atoms with Crippen LogP contribution in [0.3, 0.4) is 0 Å². The fourth-order valence-electron chi connectivity index (χ4n) is 12.0. The Kier molecular flexibility index (Phi) is 8.33. The third-order valence-electron chi connectivity index (χ3n) is 15.0. The molecular formula is C64H48N2. The third kappa shape index (κ3) is 5.36. The molecule has 0 saturated heterocycles. The van der Waals surface area contributed by atoms with Crippen molar-refractivity contribution in [3.63, 3.8) is 0 Å². The molecule has 2 heterocycles. The van der Waals surface area contributed by atoms with Crippen molar-refractivity contribution in [2.45, 2.75) is 38.5 Å². The van der Waals surface area contributed by atoms with E-state index in [1.807, 2.05) is 0 Å². The van der Waals surface area contributed by atoms with Crippen LogP contribution in [-0.4, -0.2) is 0 Å². The largest absolute Gasteiger partial charge is 0.309 e. The highest BCUT2D eigenvalue weighted by Crippen LogP contribution is 2.59. The highest BCUT2D eigenvalue weighted by molar-refractivity contribution is 6.31. The molecule has 0 bridgehead atoms. The molecule has 0 radical (unpaired) electrons. The van der Waals surface area contributed by atoms with Crippen LogP contribution in [0.25, 0.3) is 65.3 Å². The van der Waals surface area contributed by atoms with Crippen molar-refractivity contribution < 1.29 is 0 Å². The van der Waals surface area contributed by atoms with Crippen LogP contribution < -0.4 is 9.80 Å². The van der Waals surface area contributed by atoms with E-state index in [9.17, 15) is 0 Å². The van der Waals surface area contributed by atoms with Crippen molar-refractivity contribution in [1.82, 2.24) is 0 Å². The van der Waals surface area contributed by atoms with Crippen LogP contribution >= 0.6 is 0 Å². The second kappa shape index (κ2) is 14.3. The number of benzene rings is 11. The lowest BCUT2D eigenvalue weighted by atomic mass is 9.73. The normalized spacial score (nSPS) is 14.5. The zero-order valence-electron chi connectivity index (χ0n) is 37.7. The molecule has 13 rings (SSSR count). The summed E-state index contributed by atoms with van der Waals surface area (Å²) in [6.07, 6.45) is 0. The van der Waals surface area contributed by atoms with Crippen LogP contribution in [0.5, 0.6) is 0 Å². The molecule has 0 unspecified atom stereocenters. The Morgan fingerprint density at radius 2 is 0.530 bits per heavy atom. The average Bonchev–Trinajstić information content (AvgIpc) is 3.36. The smallest absolute Gasteiger partial charge is 0.0546 e. The lowest BCUT2D eigenvalue weighted by Crippen LogP contribution is -2.30. The molecule has 66 heavy (non-hydrogen) atoms. The Bertz CT molecular complexity index is 3440. The molecule has 2 aliphatic heterocycles. The predicted molar refractivity (Wildman–Crippen MR) is 281 cm³/mol. The van der Waals surface area contributed by atoms with E-state index in [4.69, 9.17) is 0 Å². The first kappa shape index (κ1) is 38.5. The summed E-state index contributed by atoms with van der Waals surface area (Å²) in [5.41, 5.74) is 16.9. The van der Waals surface area contributed by atoms with Gasteiger partial charge in [0.2, 0.25) is 0 Å². The first-order valence-electron chi connectivity index (χ1n) is 23.3. The zero-order chi connectivity index (χ0) is 44.3. The molecule has 0 saturated carbocycles. The van der Waals surface area contributed by atoms with Gasteiger partial charge in [-0.05, 0) is 102 Å². The van der Waals surface area contributed by atoms with E-state index in [1.54, 1.807) is 0 Å².